The van der Waals surface area contributed by atoms with Crippen molar-refractivity contribution in [3.05, 3.63) is 146 Å². The first-order valence-corrected chi connectivity index (χ1v) is 16.1. The van der Waals surface area contributed by atoms with Gasteiger partial charge < -0.3 is 13.7 Å². The summed E-state index contributed by atoms with van der Waals surface area (Å²) < 4.78 is 15.2. The van der Waals surface area contributed by atoms with Gasteiger partial charge in [-0.2, -0.15) is 0 Å². The summed E-state index contributed by atoms with van der Waals surface area (Å²) >= 11 is 1.84. The summed E-state index contributed by atoms with van der Waals surface area (Å²) in [6.07, 6.45) is 0. The Morgan fingerprint density at radius 2 is 1.26 bits per heavy atom. The molecule has 0 aliphatic carbocycles. The van der Waals surface area contributed by atoms with E-state index in [9.17, 15) is 0 Å². The maximum atomic E-state index is 6.51. The molecule has 46 heavy (non-hydrogen) atoms. The Morgan fingerprint density at radius 3 is 2.17 bits per heavy atom. The second-order valence-corrected chi connectivity index (χ2v) is 12.6. The van der Waals surface area contributed by atoms with Crippen molar-refractivity contribution in [2.24, 2.45) is 0 Å². The third kappa shape index (κ3) is 3.82. The van der Waals surface area contributed by atoms with E-state index < -0.39 is 0 Å². The fourth-order valence-corrected chi connectivity index (χ4v) is 7.97. The normalized spacial score (nSPS) is 11.9. The first-order chi connectivity index (χ1) is 22.8. The summed E-state index contributed by atoms with van der Waals surface area (Å²) in [5.74, 6) is 0.592. The number of benzene rings is 7. The molecule has 0 radical (unpaired) electrons. The Hall–Kier alpha value is -5.91. The molecule has 216 valence electrons. The van der Waals surface area contributed by atoms with Gasteiger partial charge >= 0.3 is 0 Å². The summed E-state index contributed by atoms with van der Waals surface area (Å²) in [5, 5.41) is 7.20. The van der Waals surface area contributed by atoms with E-state index in [1.807, 2.05) is 47.7 Å². The number of anilines is 3. The zero-order valence-electron chi connectivity index (χ0n) is 24.5. The van der Waals surface area contributed by atoms with Gasteiger partial charge in [-0.25, -0.2) is 4.98 Å². The monoisotopic (exact) mass is 608 g/mol. The molecule has 10 rings (SSSR count). The Kier molecular flexibility index (Phi) is 5.41. The Morgan fingerprint density at radius 1 is 0.478 bits per heavy atom. The number of rotatable bonds is 4. The van der Waals surface area contributed by atoms with Gasteiger partial charge in [0.05, 0.1) is 0 Å². The number of fused-ring (bicyclic) bond motifs is 9. The number of nitrogens with zero attached hydrogens (tertiary/aromatic N) is 2. The summed E-state index contributed by atoms with van der Waals surface area (Å²) in [6, 6.07) is 50.9. The van der Waals surface area contributed by atoms with Crippen molar-refractivity contribution < 1.29 is 8.83 Å². The van der Waals surface area contributed by atoms with E-state index >= 15 is 0 Å². The van der Waals surface area contributed by atoms with Crippen LogP contribution in [0.2, 0.25) is 0 Å². The zero-order chi connectivity index (χ0) is 30.2. The highest BCUT2D eigenvalue weighted by atomic mass is 32.1. The van der Waals surface area contributed by atoms with Crippen LogP contribution < -0.4 is 4.90 Å². The van der Waals surface area contributed by atoms with Crippen molar-refractivity contribution in [3.63, 3.8) is 0 Å². The summed E-state index contributed by atoms with van der Waals surface area (Å²) in [4.78, 5) is 7.09. The maximum Gasteiger partial charge on any atom is 0.228 e. The molecule has 7 aromatic carbocycles. The molecule has 3 heterocycles. The molecular weight excluding hydrogens is 585 g/mol. The van der Waals surface area contributed by atoms with Crippen LogP contribution in [0.4, 0.5) is 17.1 Å². The van der Waals surface area contributed by atoms with Gasteiger partial charge in [-0.15, -0.1) is 11.3 Å². The lowest BCUT2D eigenvalue weighted by atomic mass is 10.0. The largest absolute Gasteiger partial charge is 0.456 e. The van der Waals surface area contributed by atoms with Gasteiger partial charge in [0.1, 0.15) is 16.7 Å². The zero-order valence-corrected chi connectivity index (χ0v) is 25.3. The molecule has 0 amide bonds. The number of aromatic nitrogens is 1. The second kappa shape index (κ2) is 9.80. The van der Waals surface area contributed by atoms with Gasteiger partial charge in [-0.3, -0.25) is 0 Å². The van der Waals surface area contributed by atoms with Crippen molar-refractivity contribution in [3.8, 4) is 11.5 Å². The van der Waals surface area contributed by atoms with Crippen LogP contribution >= 0.6 is 11.3 Å². The molecule has 0 saturated heterocycles. The second-order valence-electron chi connectivity index (χ2n) is 11.6. The van der Waals surface area contributed by atoms with Gasteiger partial charge in [-0.1, -0.05) is 72.8 Å². The van der Waals surface area contributed by atoms with Crippen molar-refractivity contribution >= 4 is 92.4 Å². The molecule has 3 aromatic heterocycles. The van der Waals surface area contributed by atoms with Crippen molar-refractivity contribution in [2.45, 2.75) is 0 Å². The summed E-state index contributed by atoms with van der Waals surface area (Å²) in [6.45, 7) is 0. The van der Waals surface area contributed by atoms with Crippen LogP contribution in [-0.4, -0.2) is 4.98 Å². The predicted molar refractivity (Wildman–Crippen MR) is 192 cm³/mol. The van der Waals surface area contributed by atoms with Crippen molar-refractivity contribution in [2.75, 3.05) is 4.90 Å². The average Bonchev–Trinajstić information content (AvgIpc) is 3.81. The quantitative estimate of drug-likeness (QED) is 0.199. The van der Waals surface area contributed by atoms with E-state index in [-0.39, 0.29) is 0 Å². The lowest BCUT2D eigenvalue weighted by Gasteiger charge is -2.25. The third-order valence-corrected chi connectivity index (χ3v) is 10.00. The van der Waals surface area contributed by atoms with E-state index in [1.165, 1.54) is 30.9 Å². The smallest absolute Gasteiger partial charge is 0.228 e. The van der Waals surface area contributed by atoms with Crippen LogP contribution in [0.15, 0.2) is 154 Å². The number of thiophene rings is 1. The van der Waals surface area contributed by atoms with Crippen LogP contribution in [0.5, 0.6) is 0 Å². The van der Waals surface area contributed by atoms with E-state index in [4.69, 9.17) is 13.8 Å². The molecule has 5 heteroatoms. The molecule has 4 nitrogen and oxygen atoms in total. The molecule has 0 bridgehead atoms. The van der Waals surface area contributed by atoms with E-state index in [0.717, 1.165) is 55.7 Å². The minimum atomic E-state index is 0.592. The van der Waals surface area contributed by atoms with Crippen LogP contribution in [0.25, 0.3) is 75.4 Å². The third-order valence-electron chi connectivity index (χ3n) is 8.88. The molecule has 0 unspecified atom stereocenters. The average molecular weight is 609 g/mol. The molecule has 10 aromatic rings. The van der Waals surface area contributed by atoms with Crippen LogP contribution in [-0.2, 0) is 0 Å². The van der Waals surface area contributed by atoms with E-state index in [1.54, 1.807) is 0 Å². The summed E-state index contributed by atoms with van der Waals surface area (Å²) in [7, 11) is 0. The predicted octanol–water partition coefficient (Wildman–Crippen LogP) is 12.4. The maximum absolute atomic E-state index is 6.51. The Labute approximate surface area is 267 Å². The standard InChI is InChI=1S/C41H24N2O2S/c1-2-10-26(11-3-1)43(28-19-21-31-38(24-28)46-37-22-17-25-9-4-5-12-29(25)40(31)37)27-18-20-30-36(23-27)44-35-16-8-13-32(39(30)35)41-42-33-14-6-7-15-34(33)45-41/h1-24H. The van der Waals surface area contributed by atoms with Crippen LogP contribution in [0.3, 0.4) is 0 Å². The summed E-state index contributed by atoms with van der Waals surface area (Å²) in [5.41, 5.74) is 7.34. The highest BCUT2D eigenvalue weighted by Gasteiger charge is 2.20. The number of hydrogen-bond donors (Lipinski definition) is 0. The van der Waals surface area contributed by atoms with Gasteiger partial charge in [0.2, 0.25) is 5.89 Å². The fourth-order valence-electron chi connectivity index (χ4n) is 6.82. The van der Waals surface area contributed by atoms with Crippen LogP contribution in [0, 0.1) is 0 Å². The van der Waals surface area contributed by atoms with Gasteiger partial charge in [0.15, 0.2) is 5.58 Å². The number of oxazole rings is 1. The number of hydrogen-bond acceptors (Lipinski definition) is 5. The molecule has 0 fully saturated rings. The van der Waals surface area contributed by atoms with Gasteiger partial charge in [-0.05, 0) is 77.5 Å². The highest BCUT2D eigenvalue weighted by molar-refractivity contribution is 7.26. The number of para-hydroxylation sites is 3. The lowest BCUT2D eigenvalue weighted by molar-refractivity contribution is 0.620. The molecule has 0 atom stereocenters. The molecule has 0 spiro atoms. The van der Waals surface area contributed by atoms with Gasteiger partial charge in [0, 0.05) is 59.6 Å². The van der Waals surface area contributed by atoms with Crippen LogP contribution in [0.1, 0.15) is 0 Å². The highest BCUT2D eigenvalue weighted by Crippen LogP contribution is 2.44. The lowest BCUT2D eigenvalue weighted by Crippen LogP contribution is -2.09. The first-order valence-electron chi connectivity index (χ1n) is 15.3. The van der Waals surface area contributed by atoms with Crippen molar-refractivity contribution in [1.29, 1.82) is 0 Å². The molecule has 0 N–H and O–H groups in total. The minimum absolute atomic E-state index is 0.592. The Bertz CT molecular complexity index is 2740. The van der Waals surface area contributed by atoms with E-state index in [0.29, 0.717) is 5.89 Å². The molecule has 0 aliphatic heterocycles. The molecule has 0 saturated carbocycles. The van der Waals surface area contributed by atoms with E-state index in [2.05, 4.69) is 114 Å². The first kappa shape index (κ1) is 25.4. The minimum Gasteiger partial charge on any atom is -0.456 e. The number of furan rings is 1. The molecule has 0 aliphatic rings. The molecular formula is C41H24N2O2S. The van der Waals surface area contributed by atoms with Gasteiger partial charge in [0.25, 0.3) is 0 Å². The Balaban J connectivity index is 1.15. The topological polar surface area (TPSA) is 42.4 Å². The van der Waals surface area contributed by atoms with Crippen molar-refractivity contribution in [1.82, 2.24) is 4.98 Å². The fraction of sp³-hybridized carbons (Fsp3) is 0. The SMILES string of the molecule is c1ccc(N(c2ccc3c(c2)oc2cccc(-c4nc5ccccc5o4)c23)c2ccc3c(c2)sc2ccc4ccccc4c23)cc1.